The van der Waals surface area contributed by atoms with Gasteiger partial charge in [-0.05, 0) is 43.6 Å². The van der Waals surface area contributed by atoms with Gasteiger partial charge in [-0.25, -0.2) is 0 Å². The van der Waals surface area contributed by atoms with Crippen molar-refractivity contribution in [3.05, 3.63) is 35.9 Å². The molecule has 1 atom stereocenters. The number of carbonyl (C=O) groups excluding carboxylic acids is 1. The third-order valence-electron chi connectivity index (χ3n) is 3.95. The van der Waals surface area contributed by atoms with Gasteiger partial charge in [0, 0.05) is 11.8 Å². The van der Waals surface area contributed by atoms with Gasteiger partial charge in [-0.1, -0.05) is 66.0 Å². The molecule has 0 amide bonds. The molecule has 0 aromatic heterocycles. The molecular formula is C18H27BrO. The fourth-order valence-electron chi connectivity index (χ4n) is 2.82. The highest BCUT2D eigenvalue weighted by Crippen LogP contribution is 2.34. The lowest BCUT2D eigenvalue weighted by Crippen LogP contribution is -2.21. The summed E-state index contributed by atoms with van der Waals surface area (Å²) >= 11 is 3.48. The third-order valence-corrected chi connectivity index (χ3v) is 4.51. The van der Waals surface area contributed by atoms with Crippen LogP contribution in [0.5, 0.6) is 0 Å². The van der Waals surface area contributed by atoms with E-state index < -0.39 is 0 Å². The molecule has 0 heterocycles. The molecule has 0 unspecified atom stereocenters. The molecule has 0 fully saturated rings. The molecule has 1 aromatic carbocycles. The maximum Gasteiger partial charge on any atom is 0.130 e. The third kappa shape index (κ3) is 7.23. The number of Topliss-reactive ketones (excluding diaryl/α,β-unsaturated/α-hetero) is 1. The van der Waals surface area contributed by atoms with E-state index in [0.717, 1.165) is 24.6 Å². The van der Waals surface area contributed by atoms with Gasteiger partial charge in [0.1, 0.15) is 5.78 Å². The zero-order valence-electron chi connectivity index (χ0n) is 12.8. The number of alkyl halides is 1. The van der Waals surface area contributed by atoms with E-state index in [2.05, 4.69) is 53.2 Å². The highest BCUT2D eigenvalue weighted by Gasteiger charge is 2.25. The Morgan fingerprint density at radius 3 is 2.40 bits per heavy atom. The van der Waals surface area contributed by atoms with Crippen LogP contribution in [0.3, 0.4) is 0 Å². The van der Waals surface area contributed by atoms with Crippen molar-refractivity contribution < 1.29 is 4.79 Å². The molecule has 0 saturated heterocycles. The summed E-state index contributed by atoms with van der Waals surface area (Å²) in [5.41, 5.74) is 1.54. The second-order valence-electron chi connectivity index (χ2n) is 6.17. The van der Waals surface area contributed by atoms with Gasteiger partial charge in [-0.2, -0.15) is 0 Å². The number of benzene rings is 1. The van der Waals surface area contributed by atoms with Crippen molar-refractivity contribution in [3.63, 3.8) is 0 Å². The average molecular weight is 339 g/mol. The van der Waals surface area contributed by atoms with E-state index in [4.69, 9.17) is 0 Å². The van der Waals surface area contributed by atoms with E-state index in [1.54, 1.807) is 6.92 Å². The summed E-state index contributed by atoms with van der Waals surface area (Å²) in [5, 5.41) is 1.08. The first-order chi connectivity index (χ1) is 9.56. The number of unbranched alkanes of at least 4 members (excludes halogenated alkanes) is 2. The zero-order valence-corrected chi connectivity index (χ0v) is 14.4. The molecule has 0 aliphatic rings. The molecule has 0 radical (unpaired) electrons. The Kier molecular flexibility index (Phi) is 8.13. The molecular weight excluding hydrogens is 312 g/mol. The molecule has 0 N–H and O–H groups in total. The topological polar surface area (TPSA) is 17.1 Å². The molecule has 1 aromatic rings. The van der Waals surface area contributed by atoms with Crippen LogP contribution in [-0.4, -0.2) is 11.1 Å². The van der Waals surface area contributed by atoms with Gasteiger partial charge >= 0.3 is 0 Å². The zero-order chi connectivity index (χ0) is 14.8. The number of hydrogen-bond donors (Lipinski definition) is 0. The lowest BCUT2D eigenvalue weighted by atomic mass is 9.76. The Balaban J connectivity index is 2.51. The smallest absolute Gasteiger partial charge is 0.130 e. The molecule has 0 saturated carbocycles. The Bertz CT molecular complexity index is 388. The molecule has 0 aliphatic carbocycles. The number of ketones is 1. The van der Waals surface area contributed by atoms with Crippen molar-refractivity contribution in [1.29, 1.82) is 0 Å². The minimum absolute atomic E-state index is 0.161. The Labute approximate surface area is 132 Å². The van der Waals surface area contributed by atoms with E-state index in [9.17, 15) is 4.79 Å². The van der Waals surface area contributed by atoms with Crippen LogP contribution in [-0.2, 0) is 11.2 Å². The summed E-state index contributed by atoms with van der Waals surface area (Å²) in [6.07, 6.45) is 7.76. The minimum Gasteiger partial charge on any atom is -0.300 e. The molecule has 0 aliphatic heterocycles. The number of rotatable bonds is 10. The predicted molar refractivity (Wildman–Crippen MR) is 90.4 cm³/mol. The quantitative estimate of drug-likeness (QED) is 0.403. The van der Waals surface area contributed by atoms with Crippen LogP contribution < -0.4 is 0 Å². The molecule has 0 bridgehead atoms. The minimum atomic E-state index is 0.161. The monoisotopic (exact) mass is 338 g/mol. The summed E-state index contributed by atoms with van der Waals surface area (Å²) in [6, 6.07) is 10.6. The van der Waals surface area contributed by atoms with Crippen LogP contribution in [0.1, 0.15) is 57.9 Å². The Morgan fingerprint density at radius 2 is 1.80 bits per heavy atom. The SMILES string of the molecule is CC(=O)C[C@](C)(CCCCCBr)CCc1ccccc1. The number of hydrogen-bond acceptors (Lipinski definition) is 1. The van der Waals surface area contributed by atoms with Crippen molar-refractivity contribution in [2.24, 2.45) is 5.41 Å². The van der Waals surface area contributed by atoms with E-state index in [-0.39, 0.29) is 5.41 Å². The van der Waals surface area contributed by atoms with E-state index in [1.165, 1.54) is 24.8 Å². The lowest BCUT2D eigenvalue weighted by Gasteiger charge is -2.29. The first-order valence-electron chi connectivity index (χ1n) is 7.65. The predicted octanol–water partition coefficient (Wildman–Crippen LogP) is 5.56. The summed E-state index contributed by atoms with van der Waals surface area (Å²) < 4.78 is 0. The Hall–Kier alpha value is -0.630. The van der Waals surface area contributed by atoms with Gasteiger partial charge in [0.15, 0.2) is 0 Å². The van der Waals surface area contributed by atoms with Gasteiger partial charge in [0.05, 0.1) is 0 Å². The van der Waals surface area contributed by atoms with Crippen LogP contribution in [0.2, 0.25) is 0 Å². The Morgan fingerprint density at radius 1 is 1.10 bits per heavy atom. The lowest BCUT2D eigenvalue weighted by molar-refractivity contribution is -0.119. The normalized spacial score (nSPS) is 13.9. The van der Waals surface area contributed by atoms with Crippen LogP contribution in [0, 0.1) is 5.41 Å². The van der Waals surface area contributed by atoms with Crippen molar-refractivity contribution in [2.45, 2.75) is 58.8 Å². The van der Waals surface area contributed by atoms with Crippen LogP contribution in [0.25, 0.3) is 0 Å². The van der Waals surface area contributed by atoms with Crippen molar-refractivity contribution >= 4 is 21.7 Å². The van der Waals surface area contributed by atoms with Crippen molar-refractivity contribution in [2.75, 3.05) is 5.33 Å². The first kappa shape index (κ1) is 17.4. The highest BCUT2D eigenvalue weighted by atomic mass is 79.9. The van der Waals surface area contributed by atoms with E-state index in [0.29, 0.717) is 12.2 Å². The summed E-state index contributed by atoms with van der Waals surface area (Å²) in [5.74, 6) is 0.320. The standard InChI is InChI=1S/C18H27BrO/c1-16(20)15-18(2,12-7-4-8-14-19)13-11-17-9-5-3-6-10-17/h3,5-6,9-10H,4,7-8,11-15H2,1-2H3/t18-/m1/s1. The second-order valence-corrected chi connectivity index (χ2v) is 6.97. The molecule has 1 nitrogen and oxygen atoms in total. The van der Waals surface area contributed by atoms with Crippen LogP contribution in [0.4, 0.5) is 0 Å². The van der Waals surface area contributed by atoms with Crippen molar-refractivity contribution in [3.8, 4) is 0 Å². The van der Waals surface area contributed by atoms with E-state index >= 15 is 0 Å². The van der Waals surface area contributed by atoms with Gasteiger partial charge in [0.25, 0.3) is 0 Å². The maximum atomic E-state index is 11.6. The van der Waals surface area contributed by atoms with Crippen molar-refractivity contribution in [1.82, 2.24) is 0 Å². The fraction of sp³-hybridized carbons (Fsp3) is 0.611. The largest absolute Gasteiger partial charge is 0.300 e. The van der Waals surface area contributed by atoms with Crippen LogP contribution in [0.15, 0.2) is 30.3 Å². The summed E-state index contributed by atoms with van der Waals surface area (Å²) in [6.45, 7) is 4.00. The average Bonchev–Trinajstić information content (AvgIpc) is 2.42. The molecule has 0 spiro atoms. The highest BCUT2D eigenvalue weighted by molar-refractivity contribution is 9.09. The number of carbonyl (C=O) groups is 1. The van der Waals surface area contributed by atoms with Crippen LogP contribution >= 0.6 is 15.9 Å². The van der Waals surface area contributed by atoms with E-state index in [1.807, 2.05) is 0 Å². The number of aryl methyl sites for hydroxylation is 1. The molecule has 20 heavy (non-hydrogen) atoms. The van der Waals surface area contributed by atoms with Gasteiger partial charge in [0.2, 0.25) is 0 Å². The number of halogens is 1. The molecule has 2 heteroatoms. The fourth-order valence-corrected chi connectivity index (χ4v) is 3.21. The van der Waals surface area contributed by atoms with Gasteiger partial charge < -0.3 is 4.79 Å². The maximum absolute atomic E-state index is 11.6. The second kappa shape index (κ2) is 9.33. The molecule has 112 valence electrons. The van der Waals surface area contributed by atoms with Gasteiger partial charge in [-0.3, -0.25) is 0 Å². The van der Waals surface area contributed by atoms with Gasteiger partial charge in [-0.15, -0.1) is 0 Å². The summed E-state index contributed by atoms with van der Waals surface area (Å²) in [7, 11) is 0. The first-order valence-corrected chi connectivity index (χ1v) is 8.77. The molecule has 1 rings (SSSR count). The summed E-state index contributed by atoms with van der Waals surface area (Å²) in [4.78, 5) is 11.6.